The van der Waals surface area contributed by atoms with E-state index >= 15 is 0 Å². The summed E-state index contributed by atoms with van der Waals surface area (Å²) in [6.45, 7) is 0. The number of halogens is 2. The number of hydrogen-bond donors (Lipinski definition) is 0. The highest BCUT2D eigenvalue weighted by Gasteiger charge is 2.17. The summed E-state index contributed by atoms with van der Waals surface area (Å²) >= 11 is 1.13. The van der Waals surface area contributed by atoms with Crippen LogP contribution in [0.1, 0.15) is 11.3 Å². The summed E-state index contributed by atoms with van der Waals surface area (Å²) in [5.74, 6) is 0.0612. The van der Waals surface area contributed by atoms with Crippen LogP contribution in [0, 0.1) is 5.21 Å². The van der Waals surface area contributed by atoms with Crippen molar-refractivity contribution in [1.29, 1.82) is 0 Å². The average molecular weight is 356 g/mol. The van der Waals surface area contributed by atoms with Gasteiger partial charge in [0.2, 0.25) is 0 Å². The lowest BCUT2D eigenvalue weighted by molar-refractivity contribution is -0.416. The van der Waals surface area contributed by atoms with E-state index in [2.05, 4.69) is 4.98 Å². The van der Waals surface area contributed by atoms with Crippen LogP contribution in [-0.2, 0) is 10.8 Å². The number of hydroxylamine groups is 1. The summed E-state index contributed by atoms with van der Waals surface area (Å²) in [5, 5.41) is 11.3. The number of nitrogens with zero attached hydrogens (tertiary/aromatic N) is 2. The van der Waals surface area contributed by atoms with E-state index in [0.29, 0.717) is 19.6 Å². The molecule has 0 bridgehead atoms. The fourth-order valence-electron chi connectivity index (χ4n) is 1.83. The monoisotopic (exact) mass is 356 g/mol. The van der Waals surface area contributed by atoms with E-state index in [9.17, 15) is 18.2 Å². The Morgan fingerprint density at radius 3 is 2.70 bits per heavy atom. The molecule has 2 aromatic rings. The molecule has 2 rings (SSSR count). The third-order valence-corrected chi connectivity index (χ3v) is 5.46. The van der Waals surface area contributed by atoms with Gasteiger partial charge in [0.25, 0.3) is 6.08 Å². The number of benzene rings is 1. The van der Waals surface area contributed by atoms with E-state index in [0.717, 1.165) is 23.0 Å². The molecule has 1 unspecified atom stereocenters. The van der Waals surface area contributed by atoms with Crippen molar-refractivity contribution >= 4 is 28.4 Å². The standard InChI is InChI=1S/C15H14F2N2O2S2/c1-19(20)10-12-14(11-6-3-2-4-7-11)18-15(22-12)23(21)9-5-8-13(16)17/h2-4,6-8,10H,5,9H2,1H3/b19-10-. The van der Waals surface area contributed by atoms with Gasteiger partial charge in [-0.3, -0.25) is 4.21 Å². The number of aromatic nitrogens is 1. The van der Waals surface area contributed by atoms with Crippen LogP contribution >= 0.6 is 11.3 Å². The van der Waals surface area contributed by atoms with E-state index in [-0.39, 0.29) is 12.2 Å². The molecule has 0 amide bonds. The lowest BCUT2D eigenvalue weighted by Crippen LogP contribution is -1.97. The molecule has 0 aliphatic rings. The highest BCUT2D eigenvalue weighted by Crippen LogP contribution is 2.29. The number of allylic oxidation sites excluding steroid dienone is 1. The summed E-state index contributed by atoms with van der Waals surface area (Å²) < 4.78 is 37.2. The molecule has 0 spiro atoms. The van der Waals surface area contributed by atoms with E-state index in [1.807, 2.05) is 30.3 Å². The second kappa shape index (κ2) is 8.07. The molecule has 23 heavy (non-hydrogen) atoms. The summed E-state index contributed by atoms with van der Waals surface area (Å²) in [7, 11) is -0.142. The molecule has 0 aliphatic carbocycles. The minimum Gasteiger partial charge on any atom is -0.624 e. The maximum absolute atomic E-state index is 12.2. The Bertz CT molecular complexity index is 750. The summed E-state index contributed by atoms with van der Waals surface area (Å²) in [5.41, 5.74) is 1.36. The second-order valence-electron chi connectivity index (χ2n) is 4.57. The lowest BCUT2D eigenvalue weighted by Gasteiger charge is -1.98. The quantitative estimate of drug-likeness (QED) is 0.344. The number of hydrogen-bond acceptors (Lipinski definition) is 4. The molecular formula is C15H14F2N2O2S2. The first-order chi connectivity index (χ1) is 11.0. The van der Waals surface area contributed by atoms with Crippen LogP contribution in [0.5, 0.6) is 0 Å². The van der Waals surface area contributed by atoms with Crippen molar-refractivity contribution in [2.75, 3.05) is 12.8 Å². The lowest BCUT2D eigenvalue weighted by atomic mass is 10.1. The third kappa shape index (κ3) is 5.04. The second-order valence-corrected chi connectivity index (χ2v) is 7.34. The molecule has 1 aromatic heterocycles. The Morgan fingerprint density at radius 1 is 1.39 bits per heavy atom. The van der Waals surface area contributed by atoms with Crippen molar-refractivity contribution in [3.63, 3.8) is 0 Å². The summed E-state index contributed by atoms with van der Waals surface area (Å²) in [6.07, 6.45) is 0.327. The molecule has 0 fully saturated rings. The molecule has 0 radical (unpaired) electrons. The van der Waals surface area contributed by atoms with E-state index < -0.39 is 16.9 Å². The first kappa shape index (κ1) is 17.4. The normalized spacial score (nSPS) is 12.9. The van der Waals surface area contributed by atoms with Gasteiger partial charge in [0.05, 0.1) is 16.5 Å². The van der Waals surface area contributed by atoms with E-state index in [4.69, 9.17) is 0 Å². The van der Waals surface area contributed by atoms with Gasteiger partial charge in [0.15, 0.2) is 10.6 Å². The Balaban J connectivity index is 2.32. The smallest absolute Gasteiger partial charge is 0.266 e. The molecule has 4 nitrogen and oxygen atoms in total. The van der Waals surface area contributed by atoms with Crippen molar-refractivity contribution in [3.8, 4) is 11.3 Å². The Hall–Kier alpha value is -1.93. The predicted octanol–water partition coefficient (Wildman–Crippen LogP) is 3.65. The van der Waals surface area contributed by atoms with E-state index in [1.165, 1.54) is 13.3 Å². The van der Waals surface area contributed by atoms with Gasteiger partial charge in [0, 0.05) is 11.3 Å². The molecular weight excluding hydrogens is 342 g/mol. The van der Waals surface area contributed by atoms with Gasteiger partial charge in [-0.1, -0.05) is 41.7 Å². The van der Waals surface area contributed by atoms with Gasteiger partial charge in [-0.15, -0.1) is 0 Å². The molecule has 1 aromatic carbocycles. The number of thiazole rings is 1. The maximum atomic E-state index is 12.2. The van der Waals surface area contributed by atoms with Crippen LogP contribution in [0.25, 0.3) is 11.3 Å². The highest BCUT2D eigenvalue weighted by atomic mass is 32.2. The zero-order valence-corrected chi connectivity index (χ0v) is 13.9. The van der Waals surface area contributed by atoms with Crippen molar-refractivity contribution in [2.24, 2.45) is 0 Å². The van der Waals surface area contributed by atoms with Gasteiger partial charge >= 0.3 is 0 Å². The van der Waals surface area contributed by atoms with Crippen LogP contribution < -0.4 is 0 Å². The maximum Gasteiger partial charge on any atom is 0.266 e. The molecule has 1 atom stereocenters. The van der Waals surface area contributed by atoms with Crippen molar-refractivity contribution < 1.29 is 17.7 Å². The van der Waals surface area contributed by atoms with E-state index in [1.54, 1.807) is 0 Å². The van der Waals surface area contributed by atoms with Gasteiger partial charge in [-0.2, -0.15) is 8.78 Å². The zero-order valence-electron chi connectivity index (χ0n) is 12.2. The molecule has 122 valence electrons. The summed E-state index contributed by atoms with van der Waals surface area (Å²) in [6, 6.07) is 9.21. The molecule has 1 heterocycles. The van der Waals surface area contributed by atoms with Crippen LogP contribution in [-0.4, -0.2) is 32.9 Å². The van der Waals surface area contributed by atoms with Crippen LogP contribution in [0.15, 0.2) is 46.8 Å². The van der Waals surface area contributed by atoms with Crippen LogP contribution in [0.3, 0.4) is 0 Å². The van der Waals surface area contributed by atoms with Gasteiger partial charge < -0.3 is 5.21 Å². The Morgan fingerprint density at radius 2 is 2.09 bits per heavy atom. The average Bonchev–Trinajstić information content (AvgIpc) is 2.91. The SMILES string of the molecule is C/[N+]([O-])=C/c1sc(S(=O)CCC=C(F)F)nc1-c1ccccc1. The first-order valence-corrected chi connectivity index (χ1v) is 8.81. The predicted molar refractivity (Wildman–Crippen MR) is 88.5 cm³/mol. The highest BCUT2D eigenvalue weighted by molar-refractivity contribution is 7.87. The molecule has 8 heteroatoms. The minimum absolute atomic E-state index is 0.00962. The molecule has 0 saturated carbocycles. The Labute approximate surface area is 138 Å². The topological polar surface area (TPSA) is 56.0 Å². The van der Waals surface area contributed by atoms with Crippen molar-refractivity contribution in [1.82, 2.24) is 4.98 Å². The molecule has 0 N–H and O–H groups in total. The fourth-order valence-corrected chi connectivity index (χ4v) is 4.20. The number of rotatable bonds is 6. The molecule has 0 saturated heterocycles. The van der Waals surface area contributed by atoms with Gasteiger partial charge in [-0.05, 0) is 12.5 Å². The largest absolute Gasteiger partial charge is 0.624 e. The van der Waals surface area contributed by atoms with Crippen molar-refractivity contribution in [2.45, 2.75) is 10.8 Å². The third-order valence-electron chi connectivity index (χ3n) is 2.78. The minimum atomic E-state index is -1.78. The van der Waals surface area contributed by atoms with Crippen molar-refractivity contribution in [3.05, 3.63) is 52.6 Å². The van der Waals surface area contributed by atoms with Crippen LogP contribution in [0.4, 0.5) is 8.78 Å². The fraction of sp³-hybridized carbons (Fsp3) is 0.200. The van der Waals surface area contributed by atoms with Gasteiger partial charge in [0.1, 0.15) is 11.9 Å². The van der Waals surface area contributed by atoms with Crippen LogP contribution in [0.2, 0.25) is 0 Å². The zero-order chi connectivity index (χ0) is 16.8. The summed E-state index contributed by atoms with van der Waals surface area (Å²) in [4.78, 5) is 4.93. The molecule has 0 aliphatic heterocycles. The Kier molecular flexibility index (Phi) is 6.12. The van der Waals surface area contributed by atoms with Gasteiger partial charge in [-0.25, -0.2) is 9.72 Å². The first-order valence-electron chi connectivity index (χ1n) is 6.68.